The van der Waals surface area contributed by atoms with Crippen molar-refractivity contribution in [2.75, 3.05) is 47.5 Å². The number of carbonyl (C=O) groups excluding carboxylic acids is 2. The largest absolute Gasteiger partial charge is 0.477 e. The molecule has 9 nitrogen and oxygen atoms in total. The predicted molar refractivity (Wildman–Crippen MR) is 455 cm³/mol. The van der Waals surface area contributed by atoms with Crippen molar-refractivity contribution in [1.82, 2.24) is 0 Å². The van der Waals surface area contributed by atoms with Crippen molar-refractivity contribution < 1.29 is 42.9 Å². The van der Waals surface area contributed by atoms with Gasteiger partial charge in [-0.15, -0.1) is 0 Å². The topological polar surface area (TPSA) is 108 Å². The summed E-state index contributed by atoms with van der Waals surface area (Å²) >= 11 is 0. The van der Waals surface area contributed by atoms with E-state index >= 15 is 0 Å². The molecule has 0 radical (unpaired) electrons. The summed E-state index contributed by atoms with van der Waals surface area (Å²) in [6.07, 6.45) is 134. The Bertz CT molecular complexity index is 2840. The number of esters is 2. The van der Waals surface area contributed by atoms with Gasteiger partial charge in [0.25, 0.3) is 6.29 Å². The Morgan fingerprint density at radius 1 is 0.286 bits per heavy atom. The maximum absolute atomic E-state index is 13.0. The Morgan fingerprint density at radius 3 is 0.771 bits per heavy atom. The van der Waals surface area contributed by atoms with Crippen LogP contribution in [0.3, 0.4) is 0 Å². The molecule has 0 bridgehead atoms. The van der Waals surface area contributed by atoms with E-state index in [9.17, 15) is 19.5 Å². The van der Waals surface area contributed by atoms with Crippen LogP contribution < -0.4 is 0 Å². The molecule has 1 N–H and O–H groups in total. The van der Waals surface area contributed by atoms with E-state index in [4.69, 9.17) is 18.9 Å². The smallest absolute Gasteiger partial charge is 0.361 e. The van der Waals surface area contributed by atoms with Crippen LogP contribution >= 0.6 is 0 Å². The number of quaternary nitrogens is 1. The Hall–Kier alpha value is -7.95. The van der Waals surface area contributed by atoms with Gasteiger partial charge in [0.2, 0.25) is 0 Å². The Balaban J connectivity index is 4.32. The zero-order valence-electron chi connectivity index (χ0n) is 66.0. The van der Waals surface area contributed by atoms with Crippen molar-refractivity contribution in [3.63, 3.8) is 0 Å². The standard InChI is InChI=1S/C96H141NO8/c1-6-8-10-12-14-16-18-20-22-24-26-28-30-32-34-36-38-40-42-44-46-47-49-51-53-55-57-59-61-63-65-67-69-71-73-75-77-79-81-83-85-87-94(99)105-92(91-104-96(95(100)101)102-89-88-97(3,4)5)90-103-93(98)86-84-82-80-78-76-74-72-70-68-66-64-62-60-58-56-54-52-50-48-45-43-41-39-37-35-33-31-29-27-25-23-21-19-17-15-13-11-9-7-2/h8-11,14-17,20-23,26-29,32-35,38-41,44-46,48-49,51-52,54-55,57-58,60-61,63-64,66-67,69-70,72-73,75-76,78,92,96H,6-7,12-13,18-19,24-25,30-31,36-37,42-43,47,50,53,56,59,62,65,68,71,74,77,79-91H2,1-5H3/p+1/b10-8-,11-9-,16-14-,17-15-,22-20-,23-21-,28-26-,29-27-,34-32-,35-33-,40-38-,41-39-,46-44-,48-45-,51-49-,54-52-,57-55-,60-58-,63-61-,66-64-,69-67-,72-70-,75-73-,78-76-. The van der Waals surface area contributed by atoms with E-state index in [0.717, 1.165) is 193 Å². The second-order valence-corrected chi connectivity index (χ2v) is 26.2. The van der Waals surface area contributed by atoms with Gasteiger partial charge in [-0.05, 0) is 193 Å². The van der Waals surface area contributed by atoms with Gasteiger partial charge in [-0.3, -0.25) is 9.59 Å². The fourth-order valence-electron chi connectivity index (χ4n) is 9.39. The second-order valence-electron chi connectivity index (χ2n) is 26.2. The molecule has 578 valence electrons. The summed E-state index contributed by atoms with van der Waals surface area (Å²) in [6, 6.07) is 0. The molecule has 0 saturated heterocycles. The van der Waals surface area contributed by atoms with Crippen LogP contribution in [-0.4, -0.2) is 87.4 Å². The average Bonchev–Trinajstić information content (AvgIpc) is 1.18. The van der Waals surface area contributed by atoms with E-state index in [1.165, 1.54) is 0 Å². The molecule has 0 heterocycles. The number of nitrogens with zero attached hydrogens (tertiary/aromatic N) is 1. The van der Waals surface area contributed by atoms with Crippen molar-refractivity contribution in [2.45, 2.75) is 245 Å². The summed E-state index contributed by atoms with van der Waals surface area (Å²) in [5.74, 6) is -2.14. The van der Waals surface area contributed by atoms with Crippen LogP contribution in [0.4, 0.5) is 0 Å². The van der Waals surface area contributed by atoms with Gasteiger partial charge >= 0.3 is 17.9 Å². The first-order valence-corrected chi connectivity index (χ1v) is 39.8. The highest BCUT2D eigenvalue weighted by Crippen LogP contribution is 2.12. The number of aliphatic carboxylic acids is 1. The number of allylic oxidation sites excluding steroid dienone is 48. The summed E-state index contributed by atoms with van der Waals surface area (Å²) in [7, 11) is 5.93. The molecule has 0 aliphatic carbocycles. The lowest BCUT2D eigenvalue weighted by Gasteiger charge is -2.25. The van der Waals surface area contributed by atoms with E-state index < -0.39 is 30.3 Å². The van der Waals surface area contributed by atoms with Gasteiger partial charge in [-0.1, -0.05) is 318 Å². The molecule has 2 unspecified atom stereocenters. The molecule has 105 heavy (non-hydrogen) atoms. The normalized spacial score (nSPS) is 14.3. The molecule has 0 aliphatic rings. The predicted octanol–water partition coefficient (Wildman–Crippen LogP) is 26.2. The van der Waals surface area contributed by atoms with Gasteiger partial charge < -0.3 is 28.5 Å². The van der Waals surface area contributed by atoms with Crippen molar-refractivity contribution >= 4 is 17.9 Å². The zero-order valence-corrected chi connectivity index (χ0v) is 66.0. The Kier molecular flexibility index (Phi) is 75.5. The Labute approximate surface area is 641 Å². The fourth-order valence-corrected chi connectivity index (χ4v) is 9.39. The van der Waals surface area contributed by atoms with Crippen LogP contribution in [0.1, 0.15) is 232 Å². The molecule has 0 spiro atoms. The minimum absolute atomic E-state index is 0.158. The third-order valence-electron chi connectivity index (χ3n) is 15.4. The van der Waals surface area contributed by atoms with Crippen LogP contribution in [0.5, 0.6) is 0 Å². The number of carboxylic acid groups (broad SMARTS) is 1. The first-order chi connectivity index (χ1) is 51.6. The van der Waals surface area contributed by atoms with Crippen molar-refractivity contribution in [3.8, 4) is 0 Å². The maximum Gasteiger partial charge on any atom is 0.361 e. The van der Waals surface area contributed by atoms with Gasteiger partial charge in [0.05, 0.1) is 34.4 Å². The highest BCUT2D eigenvalue weighted by molar-refractivity contribution is 5.71. The molecule has 0 amide bonds. The van der Waals surface area contributed by atoms with Crippen LogP contribution in [0.15, 0.2) is 292 Å². The molecule has 0 aliphatic heterocycles. The van der Waals surface area contributed by atoms with Crippen molar-refractivity contribution in [2.24, 2.45) is 0 Å². The van der Waals surface area contributed by atoms with Gasteiger partial charge in [0.1, 0.15) is 13.2 Å². The van der Waals surface area contributed by atoms with Crippen LogP contribution in [0.2, 0.25) is 0 Å². The van der Waals surface area contributed by atoms with E-state index in [1.54, 1.807) is 0 Å². The first-order valence-electron chi connectivity index (χ1n) is 39.8. The number of likely N-dealkylation sites (N-methyl/N-ethyl adjacent to an activating group) is 1. The molecule has 0 fully saturated rings. The van der Waals surface area contributed by atoms with Crippen LogP contribution in [-0.2, 0) is 33.3 Å². The maximum atomic E-state index is 13.0. The number of hydrogen-bond acceptors (Lipinski definition) is 7. The van der Waals surface area contributed by atoms with Crippen molar-refractivity contribution in [1.29, 1.82) is 0 Å². The number of rotatable bonds is 69. The summed E-state index contributed by atoms with van der Waals surface area (Å²) in [6.45, 7) is 4.52. The van der Waals surface area contributed by atoms with Crippen molar-refractivity contribution in [3.05, 3.63) is 292 Å². The lowest BCUT2D eigenvalue weighted by molar-refractivity contribution is -0.870. The quantitative estimate of drug-likeness (QED) is 0.0211. The number of unbranched alkanes of at least 4 members (excludes halogenated alkanes) is 6. The van der Waals surface area contributed by atoms with Crippen LogP contribution in [0, 0.1) is 0 Å². The molecule has 0 saturated carbocycles. The van der Waals surface area contributed by atoms with E-state index in [-0.39, 0.29) is 32.7 Å². The van der Waals surface area contributed by atoms with E-state index in [2.05, 4.69) is 305 Å². The van der Waals surface area contributed by atoms with Gasteiger partial charge in [-0.2, -0.15) is 0 Å². The fraction of sp³-hybridized carbons (Fsp3) is 0.469. The minimum atomic E-state index is -1.55. The number of hydrogen-bond donors (Lipinski definition) is 1. The number of ether oxygens (including phenoxy) is 4. The molecule has 0 rings (SSSR count). The summed E-state index contributed by atoms with van der Waals surface area (Å²) in [5.41, 5.74) is 0. The highest BCUT2D eigenvalue weighted by Gasteiger charge is 2.25. The summed E-state index contributed by atoms with van der Waals surface area (Å²) in [5, 5.41) is 9.77. The van der Waals surface area contributed by atoms with Crippen LogP contribution in [0.25, 0.3) is 0 Å². The summed E-state index contributed by atoms with van der Waals surface area (Å²) in [4.78, 5) is 37.7. The van der Waals surface area contributed by atoms with E-state index in [1.807, 2.05) is 21.1 Å². The lowest BCUT2D eigenvalue weighted by atomic mass is 10.1. The van der Waals surface area contributed by atoms with E-state index in [0.29, 0.717) is 23.9 Å². The van der Waals surface area contributed by atoms with Gasteiger partial charge in [-0.25, -0.2) is 4.79 Å². The zero-order chi connectivity index (χ0) is 76.0. The first kappa shape index (κ1) is 97.0. The molecule has 2 atom stereocenters. The summed E-state index contributed by atoms with van der Waals surface area (Å²) < 4.78 is 22.9. The van der Waals surface area contributed by atoms with Gasteiger partial charge in [0, 0.05) is 12.8 Å². The third-order valence-corrected chi connectivity index (χ3v) is 15.4. The number of carbonyl (C=O) groups is 3. The average molecular weight is 1440 g/mol. The molecular weight excluding hydrogens is 1300 g/mol. The monoisotopic (exact) mass is 1440 g/mol. The molecular formula is C96H142NO8+. The molecule has 0 aromatic heterocycles. The number of carboxylic acids is 1. The highest BCUT2D eigenvalue weighted by atomic mass is 16.7. The minimum Gasteiger partial charge on any atom is -0.477 e. The van der Waals surface area contributed by atoms with Gasteiger partial charge in [0.15, 0.2) is 6.10 Å². The Morgan fingerprint density at radius 2 is 0.514 bits per heavy atom. The molecule has 0 aromatic carbocycles. The SMILES string of the molecule is CC/C=C\C/C=C\C/C=C\C/C=C\C/C=C\C/C=C\C/C=C\C/C=C\C/C=C\C/C=C\C/C=C\C/C=C\CCCCCCC(=O)OC(COC(=O)CCCC/C=C\C/C=C\C/C=C\C/C=C\C/C=C\C/C=C\C/C=C\C/C=C\C/C=C\C/C=C\C/C=C\C/C=C\CC)COC(OCC[N+](C)(C)C)C(=O)O. The molecule has 9 heteroatoms. The second kappa shape index (κ2) is 81.7. The molecule has 0 aromatic rings. The third kappa shape index (κ3) is 83.2. The lowest BCUT2D eigenvalue weighted by Crippen LogP contribution is -2.40.